The van der Waals surface area contributed by atoms with Crippen LogP contribution in [0, 0.1) is 0 Å². The minimum absolute atomic E-state index is 0.0542. The molecule has 3 rings (SSSR count). The Labute approximate surface area is 193 Å². The van der Waals surface area contributed by atoms with Crippen molar-refractivity contribution in [2.24, 2.45) is 16.0 Å². The van der Waals surface area contributed by atoms with Crippen molar-refractivity contribution in [3.8, 4) is 0 Å². The maximum atomic E-state index is 13.3. The normalized spacial score (nSPS) is 15.1. The second-order valence-electron chi connectivity index (χ2n) is 8.30. The number of rotatable bonds is 5. The van der Waals surface area contributed by atoms with Gasteiger partial charge in [-0.1, -0.05) is 45.0 Å². The third-order valence-electron chi connectivity index (χ3n) is 4.98. The molecule has 0 unspecified atom stereocenters. The smallest absolute Gasteiger partial charge is 0.279 e. The predicted octanol–water partition coefficient (Wildman–Crippen LogP) is 2.62. The fraction of sp³-hybridized carbons (Fsp3) is 0.227. The van der Waals surface area contributed by atoms with Crippen molar-refractivity contribution in [2.75, 3.05) is 16.5 Å². The van der Waals surface area contributed by atoms with Crippen LogP contribution in [0.3, 0.4) is 0 Å². The summed E-state index contributed by atoms with van der Waals surface area (Å²) in [6.07, 6.45) is 1.62. The van der Waals surface area contributed by atoms with Gasteiger partial charge in [-0.05, 0) is 47.5 Å². The van der Waals surface area contributed by atoms with Crippen molar-refractivity contribution in [1.29, 1.82) is 0 Å². The zero-order valence-electron chi connectivity index (χ0n) is 18.1. The number of fused-ring (bicyclic) bond motifs is 1. The summed E-state index contributed by atoms with van der Waals surface area (Å²) in [4.78, 5) is 14.6. The molecule has 8 nitrogen and oxygen atoms in total. The van der Waals surface area contributed by atoms with E-state index in [1.54, 1.807) is 12.1 Å². The number of amides is 1. The molecule has 0 saturated carbocycles. The first kappa shape index (κ1) is 23.6. The number of nitrogens with two attached hydrogens (primary N) is 2. The highest BCUT2D eigenvalue weighted by Gasteiger charge is 2.36. The molecule has 2 aromatic rings. The van der Waals surface area contributed by atoms with E-state index >= 15 is 0 Å². The molecule has 0 bridgehead atoms. The summed E-state index contributed by atoms with van der Waals surface area (Å²) in [7, 11) is -4.10. The number of carbonyl (C=O) groups excluding carboxylic acids is 1. The second-order valence-corrected chi connectivity index (χ2v) is 10.2. The lowest BCUT2D eigenvalue weighted by Gasteiger charge is -2.21. The van der Waals surface area contributed by atoms with Gasteiger partial charge in [0.05, 0.1) is 11.4 Å². The second kappa shape index (κ2) is 8.45. The third kappa shape index (κ3) is 4.43. The number of sulfonamides is 1. The molecule has 0 aromatic heterocycles. The fourth-order valence-electron chi connectivity index (χ4n) is 3.38. The van der Waals surface area contributed by atoms with Gasteiger partial charge in [0, 0.05) is 12.1 Å². The van der Waals surface area contributed by atoms with Gasteiger partial charge in [-0.2, -0.15) is 5.10 Å². The summed E-state index contributed by atoms with van der Waals surface area (Å²) < 4.78 is 24.2. The maximum Gasteiger partial charge on any atom is 0.279 e. The van der Waals surface area contributed by atoms with Crippen molar-refractivity contribution < 1.29 is 13.2 Å². The molecule has 4 N–H and O–H groups in total. The fourth-order valence-corrected chi connectivity index (χ4v) is 4.24. The van der Waals surface area contributed by atoms with Gasteiger partial charge in [0.15, 0.2) is 10.8 Å². The molecule has 1 aliphatic rings. The summed E-state index contributed by atoms with van der Waals surface area (Å²) in [5.74, 6) is -0.375. The molecule has 2 aromatic carbocycles. The molecule has 0 radical (unpaired) electrons. The Hall–Kier alpha value is -3.08. The Morgan fingerprint density at radius 2 is 1.91 bits per heavy atom. The van der Waals surface area contributed by atoms with Gasteiger partial charge in [-0.3, -0.25) is 4.79 Å². The zero-order chi connectivity index (χ0) is 23.8. The average molecular weight is 472 g/mol. The number of para-hydroxylation sites is 1. The van der Waals surface area contributed by atoms with Gasteiger partial charge in [-0.25, -0.2) is 18.6 Å². The highest BCUT2D eigenvalue weighted by Crippen LogP contribution is 2.35. The van der Waals surface area contributed by atoms with E-state index in [4.69, 9.17) is 23.1 Å². The van der Waals surface area contributed by atoms with Crippen LogP contribution >= 0.6 is 12.2 Å². The van der Waals surface area contributed by atoms with Gasteiger partial charge in [0.2, 0.25) is 10.0 Å². The van der Waals surface area contributed by atoms with E-state index < -0.39 is 10.0 Å². The van der Waals surface area contributed by atoms with E-state index in [2.05, 4.69) is 32.5 Å². The van der Waals surface area contributed by atoms with Crippen LogP contribution in [0.25, 0.3) is 0 Å². The highest BCUT2D eigenvalue weighted by molar-refractivity contribution is 7.89. The molecular formula is C22H25N5O3S2. The quantitative estimate of drug-likeness (QED) is 0.393. The van der Waals surface area contributed by atoms with E-state index in [0.29, 0.717) is 11.3 Å². The number of carbonyl (C=O) groups is 1. The summed E-state index contributed by atoms with van der Waals surface area (Å²) >= 11 is 5.14. The largest absolute Gasteiger partial charge is 0.374 e. The van der Waals surface area contributed by atoms with Crippen LogP contribution in [-0.4, -0.2) is 31.7 Å². The Morgan fingerprint density at radius 3 is 2.47 bits per heavy atom. The number of thiocarbonyl (C=S) groups is 1. The molecule has 0 fully saturated rings. The Balaban J connectivity index is 2.26. The summed E-state index contributed by atoms with van der Waals surface area (Å²) in [5.41, 5.74) is 8.13. The van der Waals surface area contributed by atoms with Crippen LogP contribution in [-0.2, 0) is 20.2 Å². The lowest BCUT2D eigenvalue weighted by molar-refractivity contribution is -0.112. The lowest BCUT2D eigenvalue weighted by atomic mass is 9.85. The van der Waals surface area contributed by atoms with E-state index in [0.717, 1.165) is 10.6 Å². The first-order valence-electron chi connectivity index (χ1n) is 9.74. The lowest BCUT2D eigenvalue weighted by Crippen LogP contribution is -2.36. The molecule has 1 heterocycles. The van der Waals surface area contributed by atoms with Crippen molar-refractivity contribution in [1.82, 2.24) is 0 Å². The highest BCUT2D eigenvalue weighted by atomic mass is 32.2. The average Bonchev–Trinajstić information content (AvgIpc) is 2.95. The molecule has 168 valence electrons. The van der Waals surface area contributed by atoms with E-state index in [-0.39, 0.29) is 39.3 Å². The number of hydrogen-bond acceptors (Lipinski definition) is 5. The van der Waals surface area contributed by atoms with E-state index in [1.807, 2.05) is 18.2 Å². The number of anilines is 2. The van der Waals surface area contributed by atoms with Gasteiger partial charge in [-0.15, -0.1) is 6.58 Å². The topological polar surface area (TPSA) is 122 Å². The predicted molar refractivity (Wildman–Crippen MR) is 131 cm³/mol. The van der Waals surface area contributed by atoms with Crippen LogP contribution in [0.1, 0.15) is 31.9 Å². The number of benzene rings is 2. The van der Waals surface area contributed by atoms with Crippen LogP contribution in [0.15, 0.2) is 65.1 Å². The van der Waals surface area contributed by atoms with Crippen LogP contribution < -0.4 is 20.8 Å². The molecular weight excluding hydrogens is 446 g/mol. The summed E-state index contributed by atoms with van der Waals surface area (Å²) in [5, 5.41) is 10.6. The molecule has 1 amide bonds. The Morgan fingerprint density at radius 1 is 1.25 bits per heavy atom. The number of nitrogens with zero attached hydrogens (tertiary/aromatic N) is 3. The summed E-state index contributed by atoms with van der Waals surface area (Å²) in [6.45, 7) is 10.2. The molecule has 0 saturated heterocycles. The molecule has 1 aliphatic heterocycles. The Bertz CT molecular complexity index is 1250. The molecule has 0 atom stereocenters. The van der Waals surface area contributed by atoms with Gasteiger partial charge >= 0.3 is 0 Å². The minimum Gasteiger partial charge on any atom is -0.374 e. The van der Waals surface area contributed by atoms with Crippen LogP contribution in [0.2, 0.25) is 0 Å². The van der Waals surface area contributed by atoms with Gasteiger partial charge in [0.1, 0.15) is 4.90 Å². The Kier molecular flexibility index (Phi) is 6.23. The van der Waals surface area contributed by atoms with Crippen molar-refractivity contribution in [3.05, 3.63) is 66.2 Å². The standard InChI is InChI=1S/C22H25N5O3S2/c1-5-12-26-16-11-10-14(22(2,3)4)13-15(16)19(20(26)28)25-27(21(23)31)17-8-6-7-9-18(17)32(24,29)30/h5-11,13H,1,12H2,2-4H3,(H2,23,31)(H2,24,29,30)/b25-19-. The molecule has 10 heteroatoms. The van der Waals surface area contributed by atoms with Crippen molar-refractivity contribution >= 4 is 50.3 Å². The minimum atomic E-state index is -4.10. The molecule has 0 spiro atoms. The maximum absolute atomic E-state index is 13.3. The molecule has 32 heavy (non-hydrogen) atoms. The van der Waals surface area contributed by atoms with E-state index in [1.165, 1.54) is 23.1 Å². The van der Waals surface area contributed by atoms with Crippen molar-refractivity contribution in [3.63, 3.8) is 0 Å². The summed E-state index contributed by atoms with van der Waals surface area (Å²) in [6, 6.07) is 11.6. The van der Waals surface area contributed by atoms with Crippen LogP contribution in [0.4, 0.5) is 11.4 Å². The third-order valence-corrected chi connectivity index (χ3v) is 6.11. The first-order valence-corrected chi connectivity index (χ1v) is 11.7. The number of primary sulfonamides is 1. The SMILES string of the molecule is C=CCN1C(=O)/C(=N\N(C(N)=S)c2ccccc2S(N)(=O)=O)c2cc(C(C)(C)C)ccc21. The zero-order valence-corrected chi connectivity index (χ0v) is 19.7. The van der Waals surface area contributed by atoms with Crippen molar-refractivity contribution in [2.45, 2.75) is 31.1 Å². The number of hydrogen-bond donors (Lipinski definition) is 2. The van der Waals surface area contributed by atoms with Gasteiger partial charge in [0.25, 0.3) is 5.91 Å². The van der Waals surface area contributed by atoms with Gasteiger partial charge < -0.3 is 10.6 Å². The number of hydrazone groups is 1. The monoisotopic (exact) mass is 471 g/mol. The molecule has 0 aliphatic carbocycles. The first-order chi connectivity index (χ1) is 14.9. The van der Waals surface area contributed by atoms with Crippen LogP contribution in [0.5, 0.6) is 0 Å². The van der Waals surface area contributed by atoms with E-state index in [9.17, 15) is 13.2 Å².